The maximum atomic E-state index is 12.7. The minimum absolute atomic E-state index is 0.105. The van der Waals surface area contributed by atoms with E-state index in [1.54, 1.807) is 14.2 Å². The molecule has 1 aromatic carbocycles. The highest BCUT2D eigenvalue weighted by Crippen LogP contribution is 2.39. The third-order valence-corrected chi connectivity index (χ3v) is 5.84. The van der Waals surface area contributed by atoms with Crippen LogP contribution < -0.4 is 9.47 Å². The molecule has 0 aromatic heterocycles. The maximum Gasteiger partial charge on any atom is 0.161 e. The van der Waals surface area contributed by atoms with Crippen LogP contribution in [0.1, 0.15) is 44.9 Å². The quantitative estimate of drug-likeness (QED) is 0.861. The van der Waals surface area contributed by atoms with E-state index in [2.05, 4.69) is 11.2 Å². The largest absolute Gasteiger partial charge is 0.493 e. The van der Waals surface area contributed by atoms with E-state index in [4.69, 9.17) is 9.47 Å². The molecule has 4 nitrogen and oxygen atoms in total. The number of ether oxygens (including phenoxy) is 2. The molecule has 0 aliphatic carbocycles. The first kappa shape index (κ1) is 16.3. The summed E-state index contributed by atoms with van der Waals surface area (Å²) < 4.78 is 25.3. The summed E-state index contributed by atoms with van der Waals surface area (Å²) in [5.74, 6) is 1.49. The molecular weight excluding hydrogens is 286 g/mol. The van der Waals surface area contributed by atoms with Gasteiger partial charge in [0, 0.05) is 12.6 Å². The summed E-state index contributed by atoms with van der Waals surface area (Å²) in [7, 11) is 2.28. The van der Waals surface area contributed by atoms with Crippen molar-refractivity contribution in [2.75, 3.05) is 20.8 Å². The van der Waals surface area contributed by atoms with Crippen molar-refractivity contribution >= 4 is 11.0 Å². The SMILES string of the molecule is COc1cc2c(cc1OC)[C@H](C)N([S@](=O)C(C)(C)C)CC2. The van der Waals surface area contributed by atoms with Crippen molar-refractivity contribution in [1.82, 2.24) is 4.31 Å². The molecular formula is C16H25NO3S. The highest BCUT2D eigenvalue weighted by atomic mass is 32.2. The van der Waals surface area contributed by atoms with E-state index in [0.29, 0.717) is 0 Å². The number of methoxy groups -OCH3 is 2. The molecule has 5 heteroatoms. The van der Waals surface area contributed by atoms with Gasteiger partial charge < -0.3 is 9.47 Å². The monoisotopic (exact) mass is 311 g/mol. The van der Waals surface area contributed by atoms with E-state index in [1.165, 1.54) is 11.1 Å². The Hall–Kier alpha value is -1.07. The molecule has 0 amide bonds. The molecule has 0 saturated heterocycles. The maximum absolute atomic E-state index is 12.7. The number of hydrogen-bond acceptors (Lipinski definition) is 3. The second-order valence-corrected chi connectivity index (χ2v) is 8.53. The lowest BCUT2D eigenvalue weighted by atomic mass is 9.94. The Bertz CT molecular complexity index is 551. The van der Waals surface area contributed by atoms with Crippen molar-refractivity contribution in [2.45, 2.75) is 44.9 Å². The van der Waals surface area contributed by atoms with Gasteiger partial charge in [0.25, 0.3) is 0 Å². The summed E-state index contributed by atoms with van der Waals surface area (Å²) in [6, 6.07) is 4.17. The molecule has 0 unspecified atom stereocenters. The molecule has 0 spiro atoms. The second kappa shape index (κ2) is 5.97. The van der Waals surface area contributed by atoms with Crippen LogP contribution in [0, 0.1) is 0 Å². The van der Waals surface area contributed by atoms with Gasteiger partial charge in [-0.05, 0) is 57.4 Å². The number of nitrogens with zero attached hydrogens (tertiary/aromatic N) is 1. The molecule has 0 fully saturated rings. The Labute approximate surface area is 130 Å². The van der Waals surface area contributed by atoms with E-state index in [-0.39, 0.29) is 10.8 Å². The van der Waals surface area contributed by atoms with Crippen molar-refractivity contribution < 1.29 is 13.7 Å². The van der Waals surface area contributed by atoms with Crippen LogP contribution in [0.5, 0.6) is 11.5 Å². The van der Waals surface area contributed by atoms with Crippen LogP contribution in [0.15, 0.2) is 12.1 Å². The Kier molecular flexibility index (Phi) is 4.63. The fourth-order valence-corrected chi connectivity index (χ4v) is 4.06. The van der Waals surface area contributed by atoms with Crippen LogP contribution in [0.2, 0.25) is 0 Å². The van der Waals surface area contributed by atoms with Gasteiger partial charge in [-0.25, -0.2) is 8.51 Å². The van der Waals surface area contributed by atoms with Crippen molar-refractivity contribution in [3.63, 3.8) is 0 Å². The molecule has 1 aliphatic heterocycles. The van der Waals surface area contributed by atoms with Crippen molar-refractivity contribution in [3.05, 3.63) is 23.3 Å². The topological polar surface area (TPSA) is 38.8 Å². The highest BCUT2D eigenvalue weighted by molar-refractivity contribution is 7.84. The molecule has 21 heavy (non-hydrogen) atoms. The van der Waals surface area contributed by atoms with E-state index in [0.717, 1.165) is 24.5 Å². The lowest BCUT2D eigenvalue weighted by molar-refractivity contribution is 0.328. The summed E-state index contributed by atoms with van der Waals surface area (Å²) >= 11 is 0. The molecule has 1 aromatic rings. The first-order valence-corrected chi connectivity index (χ1v) is 8.33. The smallest absolute Gasteiger partial charge is 0.161 e. The van der Waals surface area contributed by atoms with Gasteiger partial charge in [-0.1, -0.05) is 0 Å². The summed E-state index contributed by atoms with van der Waals surface area (Å²) in [6.07, 6.45) is 0.877. The molecule has 0 saturated carbocycles. The second-order valence-electron chi connectivity index (χ2n) is 6.33. The Morgan fingerprint density at radius 3 is 2.29 bits per heavy atom. The fourth-order valence-electron chi connectivity index (χ4n) is 2.70. The number of rotatable bonds is 3. The van der Waals surface area contributed by atoms with Crippen molar-refractivity contribution in [1.29, 1.82) is 0 Å². The number of fused-ring (bicyclic) bond motifs is 1. The Morgan fingerprint density at radius 1 is 1.19 bits per heavy atom. The molecule has 0 radical (unpaired) electrons. The van der Waals surface area contributed by atoms with Crippen molar-refractivity contribution in [2.24, 2.45) is 0 Å². The van der Waals surface area contributed by atoms with Crippen LogP contribution in [0.4, 0.5) is 0 Å². The molecule has 2 rings (SSSR count). The zero-order valence-electron chi connectivity index (χ0n) is 13.7. The predicted molar refractivity (Wildman–Crippen MR) is 86.3 cm³/mol. The van der Waals surface area contributed by atoms with Crippen LogP contribution >= 0.6 is 0 Å². The standard InChI is InChI=1S/C16H25NO3S/c1-11-13-10-15(20-6)14(19-5)9-12(13)7-8-17(11)21(18)16(2,3)4/h9-11H,7-8H2,1-6H3/t11-,21+/m0/s1. The van der Waals surface area contributed by atoms with E-state index in [9.17, 15) is 4.21 Å². The molecule has 0 N–H and O–H groups in total. The third-order valence-electron chi connectivity index (χ3n) is 3.87. The van der Waals surface area contributed by atoms with Crippen LogP contribution in [0.25, 0.3) is 0 Å². The van der Waals surface area contributed by atoms with Crippen LogP contribution in [-0.2, 0) is 17.4 Å². The van der Waals surface area contributed by atoms with E-state index < -0.39 is 11.0 Å². The van der Waals surface area contributed by atoms with Crippen LogP contribution in [-0.4, -0.2) is 34.0 Å². The zero-order chi connectivity index (χ0) is 15.8. The summed E-state index contributed by atoms with van der Waals surface area (Å²) in [6.45, 7) is 8.95. The highest BCUT2D eigenvalue weighted by Gasteiger charge is 2.34. The Morgan fingerprint density at radius 2 is 1.76 bits per heavy atom. The first-order chi connectivity index (χ1) is 9.79. The lowest BCUT2D eigenvalue weighted by Crippen LogP contribution is -2.42. The minimum Gasteiger partial charge on any atom is -0.493 e. The molecule has 1 heterocycles. The van der Waals surface area contributed by atoms with Gasteiger partial charge in [0.05, 0.1) is 19.0 Å². The fraction of sp³-hybridized carbons (Fsp3) is 0.625. The van der Waals surface area contributed by atoms with Gasteiger partial charge in [-0.3, -0.25) is 0 Å². The first-order valence-electron chi connectivity index (χ1n) is 7.23. The molecule has 2 atom stereocenters. The van der Waals surface area contributed by atoms with Crippen LogP contribution in [0.3, 0.4) is 0 Å². The average molecular weight is 311 g/mol. The summed E-state index contributed by atoms with van der Waals surface area (Å²) in [5.41, 5.74) is 2.43. The molecule has 118 valence electrons. The lowest BCUT2D eigenvalue weighted by Gasteiger charge is -2.38. The third kappa shape index (κ3) is 3.09. The average Bonchev–Trinajstić information content (AvgIpc) is 2.44. The van der Waals surface area contributed by atoms with Crippen molar-refractivity contribution in [3.8, 4) is 11.5 Å². The predicted octanol–water partition coefficient (Wildman–Crippen LogP) is 3.09. The van der Waals surface area contributed by atoms with Gasteiger partial charge in [-0.2, -0.15) is 0 Å². The zero-order valence-corrected chi connectivity index (χ0v) is 14.5. The van der Waals surface area contributed by atoms with Gasteiger partial charge in [0.15, 0.2) is 11.5 Å². The molecule has 0 bridgehead atoms. The van der Waals surface area contributed by atoms with Gasteiger partial charge >= 0.3 is 0 Å². The molecule has 1 aliphatic rings. The summed E-state index contributed by atoms with van der Waals surface area (Å²) in [5, 5.41) is 0. The normalized spacial score (nSPS) is 20.8. The summed E-state index contributed by atoms with van der Waals surface area (Å²) in [4.78, 5) is 0. The van der Waals surface area contributed by atoms with Gasteiger partial charge in [0.1, 0.15) is 11.0 Å². The Balaban J connectivity index is 2.39. The van der Waals surface area contributed by atoms with E-state index in [1.807, 2.05) is 32.9 Å². The minimum atomic E-state index is -1.02. The number of benzene rings is 1. The number of hydrogen-bond donors (Lipinski definition) is 0. The van der Waals surface area contributed by atoms with E-state index >= 15 is 0 Å². The van der Waals surface area contributed by atoms with Gasteiger partial charge in [-0.15, -0.1) is 0 Å². The van der Waals surface area contributed by atoms with Gasteiger partial charge in [0.2, 0.25) is 0 Å².